The van der Waals surface area contributed by atoms with Gasteiger partial charge in [-0.25, -0.2) is 9.97 Å². The summed E-state index contributed by atoms with van der Waals surface area (Å²) in [6.07, 6.45) is 0. The molecule has 0 saturated heterocycles. The number of aromatic nitrogens is 4. The molecule has 0 spiro atoms. The fraction of sp³-hybridized carbons (Fsp3) is 0.231. The number of hydrogen-bond donors (Lipinski definition) is 1. The highest BCUT2D eigenvalue weighted by atomic mass is 32.2. The Hall–Kier alpha value is -3.23. The molecule has 5 aromatic rings. The standard InChI is InChI=1S/C26H24N4O2S2/c1-14(2)17-9-11-18(12-10-17)30-25(32)19-7-5-6-8-20(19)27-26(30)33-13-21-28-23(31)22-15(3)16(4)34-24(22)29-21/h5-12,14H,13H2,1-4H3,(H,28,29,31). The molecular formula is C26H24N4O2S2. The van der Waals surface area contributed by atoms with Gasteiger partial charge in [0.05, 0.1) is 27.7 Å². The van der Waals surface area contributed by atoms with Gasteiger partial charge in [-0.2, -0.15) is 0 Å². The molecule has 3 aromatic heterocycles. The summed E-state index contributed by atoms with van der Waals surface area (Å²) >= 11 is 2.91. The van der Waals surface area contributed by atoms with E-state index in [0.29, 0.717) is 38.9 Å². The zero-order valence-electron chi connectivity index (χ0n) is 19.4. The highest BCUT2D eigenvalue weighted by Crippen LogP contribution is 2.28. The molecule has 0 fully saturated rings. The second kappa shape index (κ2) is 8.85. The smallest absolute Gasteiger partial charge is 0.266 e. The number of para-hydroxylation sites is 1. The SMILES string of the molecule is Cc1sc2nc(CSc3nc4ccccc4c(=O)n3-c3ccc(C(C)C)cc3)[nH]c(=O)c2c1C. The van der Waals surface area contributed by atoms with Crippen molar-refractivity contribution < 1.29 is 0 Å². The first-order chi connectivity index (χ1) is 16.3. The van der Waals surface area contributed by atoms with Gasteiger partial charge >= 0.3 is 0 Å². The van der Waals surface area contributed by atoms with Crippen LogP contribution in [0.25, 0.3) is 26.8 Å². The monoisotopic (exact) mass is 488 g/mol. The third-order valence-corrected chi connectivity index (χ3v) is 8.04. The molecule has 3 heterocycles. The Morgan fingerprint density at radius 2 is 1.76 bits per heavy atom. The van der Waals surface area contributed by atoms with Crippen LogP contribution in [0.15, 0.2) is 63.3 Å². The normalized spacial score (nSPS) is 11.7. The van der Waals surface area contributed by atoms with E-state index in [1.807, 2.05) is 56.3 Å². The lowest BCUT2D eigenvalue weighted by atomic mass is 10.0. The lowest BCUT2D eigenvalue weighted by Crippen LogP contribution is -2.22. The molecule has 0 saturated carbocycles. The molecule has 0 aliphatic carbocycles. The average molecular weight is 489 g/mol. The van der Waals surface area contributed by atoms with E-state index in [-0.39, 0.29) is 11.1 Å². The van der Waals surface area contributed by atoms with Crippen molar-refractivity contribution in [3.8, 4) is 5.69 Å². The van der Waals surface area contributed by atoms with Crippen molar-refractivity contribution in [1.29, 1.82) is 0 Å². The van der Waals surface area contributed by atoms with Crippen LogP contribution < -0.4 is 11.1 Å². The van der Waals surface area contributed by atoms with Gasteiger partial charge in [0, 0.05) is 4.88 Å². The molecule has 6 nitrogen and oxygen atoms in total. The number of aromatic amines is 1. The first-order valence-electron chi connectivity index (χ1n) is 11.1. The highest BCUT2D eigenvalue weighted by Gasteiger charge is 2.16. The van der Waals surface area contributed by atoms with Crippen molar-refractivity contribution in [3.63, 3.8) is 0 Å². The largest absolute Gasteiger partial charge is 0.309 e. The van der Waals surface area contributed by atoms with Crippen molar-refractivity contribution in [2.75, 3.05) is 0 Å². The van der Waals surface area contributed by atoms with E-state index < -0.39 is 0 Å². The number of thioether (sulfide) groups is 1. The van der Waals surface area contributed by atoms with E-state index in [2.05, 4.69) is 23.8 Å². The minimum atomic E-state index is -0.129. The molecule has 5 rings (SSSR count). The molecule has 0 amide bonds. The Morgan fingerprint density at radius 3 is 2.50 bits per heavy atom. The lowest BCUT2D eigenvalue weighted by molar-refractivity contribution is 0.813. The number of nitrogens with zero attached hydrogens (tertiary/aromatic N) is 3. The van der Waals surface area contributed by atoms with E-state index in [9.17, 15) is 9.59 Å². The van der Waals surface area contributed by atoms with Crippen molar-refractivity contribution in [2.24, 2.45) is 0 Å². The number of H-pyrrole nitrogens is 1. The quantitative estimate of drug-likeness (QED) is 0.253. The van der Waals surface area contributed by atoms with Crippen LogP contribution in [0.1, 0.15) is 41.6 Å². The number of aryl methyl sites for hydroxylation is 2. The van der Waals surface area contributed by atoms with Crippen LogP contribution in [0.2, 0.25) is 0 Å². The molecule has 34 heavy (non-hydrogen) atoms. The summed E-state index contributed by atoms with van der Waals surface area (Å²) < 4.78 is 1.65. The van der Waals surface area contributed by atoms with Crippen LogP contribution in [0.3, 0.4) is 0 Å². The molecule has 1 N–H and O–H groups in total. The van der Waals surface area contributed by atoms with Gasteiger partial charge in [-0.05, 0) is 55.2 Å². The molecule has 0 radical (unpaired) electrons. The molecule has 0 atom stereocenters. The highest BCUT2D eigenvalue weighted by molar-refractivity contribution is 7.98. The van der Waals surface area contributed by atoms with Gasteiger partial charge in [0.15, 0.2) is 5.16 Å². The predicted molar refractivity (Wildman–Crippen MR) is 141 cm³/mol. The summed E-state index contributed by atoms with van der Waals surface area (Å²) in [4.78, 5) is 40.4. The maximum atomic E-state index is 13.5. The topological polar surface area (TPSA) is 80.6 Å². The number of hydrogen-bond acceptors (Lipinski definition) is 6. The van der Waals surface area contributed by atoms with E-state index in [0.717, 1.165) is 21.0 Å². The minimum absolute atomic E-state index is 0.119. The summed E-state index contributed by atoms with van der Waals surface area (Å²) in [6.45, 7) is 8.22. The number of nitrogens with one attached hydrogen (secondary N) is 1. The summed E-state index contributed by atoms with van der Waals surface area (Å²) in [7, 11) is 0. The van der Waals surface area contributed by atoms with Crippen molar-refractivity contribution in [2.45, 2.75) is 44.5 Å². The predicted octanol–water partition coefficient (Wildman–Crippen LogP) is 5.72. The fourth-order valence-corrected chi connectivity index (χ4v) is 5.88. The second-order valence-electron chi connectivity index (χ2n) is 8.56. The molecule has 172 valence electrons. The number of benzene rings is 2. The van der Waals surface area contributed by atoms with Crippen LogP contribution in [0.4, 0.5) is 0 Å². The Bertz CT molecular complexity index is 1650. The average Bonchev–Trinajstić information content (AvgIpc) is 3.11. The van der Waals surface area contributed by atoms with E-state index in [1.165, 1.54) is 28.7 Å². The first kappa shape index (κ1) is 22.6. The van der Waals surface area contributed by atoms with E-state index in [1.54, 1.807) is 10.6 Å². The van der Waals surface area contributed by atoms with Crippen molar-refractivity contribution in [1.82, 2.24) is 19.5 Å². The van der Waals surface area contributed by atoms with Crippen LogP contribution in [0.5, 0.6) is 0 Å². The van der Waals surface area contributed by atoms with Gasteiger partial charge in [-0.15, -0.1) is 11.3 Å². The van der Waals surface area contributed by atoms with Crippen LogP contribution in [0, 0.1) is 13.8 Å². The van der Waals surface area contributed by atoms with Crippen LogP contribution in [-0.4, -0.2) is 19.5 Å². The van der Waals surface area contributed by atoms with Crippen molar-refractivity contribution >= 4 is 44.2 Å². The minimum Gasteiger partial charge on any atom is -0.309 e. The Labute approximate surface area is 204 Å². The Kier molecular flexibility index (Phi) is 5.87. The van der Waals surface area contributed by atoms with E-state index >= 15 is 0 Å². The molecule has 0 aliphatic heterocycles. The van der Waals surface area contributed by atoms with E-state index in [4.69, 9.17) is 4.98 Å². The summed E-state index contributed by atoms with van der Waals surface area (Å²) in [5, 5.41) is 1.78. The number of thiophene rings is 1. The maximum absolute atomic E-state index is 13.5. The van der Waals surface area contributed by atoms with Gasteiger partial charge in [0.1, 0.15) is 10.7 Å². The molecule has 0 unspecified atom stereocenters. The van der Waals surface area contributed by atoms with Crippen LogP contribution in [-0.2, 0) is 5.75 Å². The molecular weight excluding hydrogens is 464 g/mol. The van der Waals surface area contributed by atoms with Gasteiger partial charge in [-0.1, -0.05) is 49.9 Å². The molecule has 0 aliphatic rings. The van der Waals surface area contributed by atoms with Gasteiger partial charge in [0.25, 0.3) is 11.1 Å². The lowest BCUT2D eigenvalue weighted by Gasteiger charge is -2.14. The van der Waals surface area contributed by atoms with Gasteiger partial charge < -0.3 is 4.98 Å². The van der Waals surface area contributed by atoms with Gasteiger partial charge in [-0.3, -0.25) is 14.2 Å². The summed E-state index contributed by atoms with van der Waals surface area (Å²) in [5.41, 5.74) is 3.34. The third kappa shape index (κ3) is 3.97. The first-order valence-corrected chi connectivity index (χ1v) is 12.9. The Balaban J connectivity index is 1.59. The fourth-order valence-electron chi connectivity index (χ4n) is 3.95. The second-order valence-corrected chi connectivity index (χ2v) is 10.7. The van der Waals surface area contributed by atoms with Crippen molar-refractivity contribution in [3.05, 3.63) is 91.1 Å². The zero-order chi connectivity index (χ0) is 24.0. The molecule has 2 aromatic carbocycles. The molecule has 0 bridgehead atoms. The summed E-state index contributed by atoms with van der Waals surface area (Å²) in [5.74, 6) is 1.35. The Morgan fingerprint density at radius 1 is 1.03 bits per heavy atom. The van der Waals surface area contributed by atoms with Crippen LogP contribution >= 0.6 is 23.1 Å². The zero-order valence-corrected chi connectivity index (χ0v) is 21.0. The maximum Gasteiger partial charge on any atom is 0.266 e. The third-order valence-electron chi connectivity index (χ3n) is 5.99. The number of rotatable bonds is 5. The summed E-state index contributed by atoms with van der Waals surface area (Å²) in [6, 6.07) is 15.4. The number of fused-ring (bicyclic) bond motifs is 2. The van der Waals surface area contributed by atoms with Gasteiger partial charge in [0.2, 0.25) is 0 Å². The molecule has 8 heteroatoms.